The summed E-state index contributed by atoms with van der Waals surface area (Å²) < 4.78 is 1.36. The Hall–Kier alpha value is -0.0800. The summed E-state index contributed by atoms with van der Waals surface area (Å²) in [5, 5.41) is 0. The molecule has 0 saturated carbocycles. The van der Waals surface area contributed by atoms with Gasteiger partial charge in [0, 0.05) is 19.6 Å². The van der Waals surface area contributed by atoms with Crippen molar-refractivity contribution in [2.45, 2.75) is 26.3 Å². The highest BCUT2D eigenvalue weighted by atomic mass is 15.5. The molecule has 0 spiro atoms. The molecule has 3 saturated heterocycles. The summed E-state index contributed by atoms with van der Waals surface area (Å²) in [6, 6.07) is 0. The normalized spacial score (nSPS) is 41.8. The van der Waals surface area contributed by atoms with Crippen molar-refractivity contribution in [1.29, 1.82) is 0 Å². The first-order valence-electron chi connectivity index (χ1n) is 5.12. The van der Waals surface area contributed by atoms with Crippen molar-refractivity contribution in [2.24, 2.45) is 0 Å². The van der Waals surface area contributed by atoms with Gasteiger partial charge in [0.1, 0.15) is 0 Å². The smallest absolute Gasteiger partial charge is 0.0920 e. The van der Waals surface area contributed by atoms with Crippen molar-refractivity contribution in [1.82, 2.24) is 4.90 Å². The Labute approximate surface area is 75.7 Å². The number of quaternary nitrogens is 1. The zero-order valence-corrected chi connectivity index (χ0v) is 8.64. The molecule has 3 aliphatic heterocycles. The van der Waals surface area contributed by atoms with E-state index in [2.05, 4.69) is 25.7 Å². The van der Waals surface area contributed by atoms with Crippen LogP contribution in [0.1, 0.15) is 20.8 Å². The van der Waals surface area contributed by atoms with Gasteiger partial charge in [-0.05, 0) is 20.8 Å². The van der Waals surface area contributed by atoms with E-state index in [0.717, 1.165) is 0 Å². The summed E-state index contributed by atoms with van der Waals surface area (Å²) in [6.07, 6.45) is 0. The SMILES string of the molecule is CC(C)(C)[N+]12CCN(CC1)CC2. The second-order valence-corrected chi connectivity index (χ2v) is 5.33. The summed E-state index contributed by atoms with van der Waals surface area (Å²) in [4.78, 5) is 2.60. The van der Waals surface area contributed by atoms with Crippen molar-refractivity contribution in [3.8, 4) is 0 Å². The lowest BCUT2D eigenvalue weighted by Gasteiger charge is -2.57. The zero-order valence-electron chi connectivity index (χ0n) is 8.64. The van der Waals surface area contributed by atoms with E-state index in [-0.39, 0.29) is 0 Å². The van der Waals surface area contributed by atoms with Crippen molar-refractivity contribution in [3.63, 3.8) is 0 Å². The van der Waals surface area contributed by atoms with Crippen molar-refractivity contribution in [2.75, 3.05) is 39.3 Å². The van der Waals surface area contributed by atoms with Gasteiger partial charge in [0.2, 0.25) is 0 Å². The molecule has 2 bridgehead atoms. The molecular weight excluding hydrogens is 148 g/mol. The van der Waals surface area contributed by atoms with Gasteiger partial charge in [-0.2, -0.15) is 0 Å². The number of hydrogen-bond acceptors (Lipinski definition) is 1. The minimum atomic E-state index is 0.465. The van der Waals surface area contributed by atoms with Crippen LogP contribution in [-0.4, -0.2) is 54.2 Å². The van der Waals surface area contributed by atoms with Gasteiger partial charge < -0.3 is 4.48 Å². The Morgan fingerprint density at radius 1 is 0.917 bits per heavy atom. The van der Waals surface area contributed by atoms with E-state index in [9.17, 15) is 0 Å². The minimum Gasteiger partial charge on any atom is -0.316 e. The molecule has 0 aromatic carbocycles. The molecular formula is C10H21N2+. The fraction of sp³-hybridized carbons (Fsp3) is 1.00. The Bertz CT molecular complexity index is 159. The van der Waals surface area contributed by atoms with Crippen LogP contribution in [0.3, 0.4) is 0 Å². The number of fused-ring (bicyclic) bond motifs is 3. The first-order chi connectivity index (χ1) is 5.54. The van der Waals surface area contributed by atoms with Crippen LogP contribution in [0.15, 0.2) is 0 Å². The molecule has 0 aromatic heterocycles. The van der Waals surface area contributed by atoms with Crippen LogP contribution >= 0.6 is 0 Å². The van der Waals surface area contributed by atoms with Crippen LogP contribution in [0.25, 0.3) is 0 Å². The first kappa shape index (κ1) is 8.52. The number of hydrogen-bond donors (Lipinski definition) is 0. The Kier molecular flexibility index (Phi) is 1.74. The maximum atomic E-state index is 2.60. The molecule has 3 aliphatic rings. The summed E-state index contributed by atoms with van der Waals surface area (Å²) in [5.41, 5.74) is 0.465. The molecule has 2 heteroatoms. The molecule has 0 aromatic rings. The molecule has 3 fully saturated rings. The van der Waals surface area contributed by atoms with E-state index in [1.54, 1.807) is 0 Å². The predicted molar refractivity (Wildman–Crippen MR) is 51.1 cm³/mol. The van der Waals surface area contributed by atoms with E-state index in [4.69, 9.17) is 0 Å². The van der Waals surface area contributed by atoms with Crippen LogP contribution in [0, 0.1) is 0 Å². The fourth-order valence-electron chi connectivity index (χ4n) is 2.68. The largest absolute Gasteiger partial charge is 0.316 e. The minimum absolute atomic E-state index is 0.465. The highest BCUT2D eigenvalue weighted by Gasteiger charge is 2.46. The summed E-state index contributed by atoms with van der Waals surface area (Å²) in [5.74, 6) is 0. The van der Waals surface area contributed by atoms with Gasteiger partial charge in [-0.15, -0.1) is 0 Å². The summed E-state index contributed by atoms with van der Waals surface area (Å²) in [6.45, 7) is 15.3. The second-order valence-electron chi connectivity index (χ2n) is 5.33. The standard InChI is InChI=1S/C10H21N2/c1-10(2,3)12-7-4-11(5-8-12)6-9-12/h4-9H2,1-3H3/q+1. The zero-order chi connectivity index (χ0) is 8.82. The third-order valence-electron chi connectivity index (χ3n) is 3.96. The van der Waals surface area contributed by atoms with E-state index in [1.165, 1.54) is 43.8 Å². The van der Waals surface area contributed by atoms with Crippen LogP contribution < -0.4 is 0 Å². The second kappa shape index (κ2) is 2.46. The van der Waals surface area contributed by atoms with Gasteiger partial charge in [-0.25, -0.2) is 0 Å². The molecule has 0 N–H and O–H groups in total. The molecule has 0 atom stereocenters. The lowest BCUT2D eigenvalue weighted by atomic mass is 9.96. The Morgan fingerprint density at radius 2 is 1.33 bits per heavy atom. The third-order valence-corrected chi connectivity index (χ3v) is 3.96. The maximum Gasteiger partial charge on any atom is 0.0920 e. The van der Waals surface area contributed by atoms with Gasteiger partial charge in [0.15, 0.2) is 0 Å². The predicted octanol–water partition coefficient (Wildman–Crippen LogP) is 0.931. The average Bonchev–Trinajstić information content (AvgIpc) is 2.06. The quantitative estimate of drug-likeness (QED) is 0.488. The van der Waals surface area contributed by atoms with E-state index in [0.29, 0.717) is 5.54 Å². The van der Waals surface area contributed by atoms with Crippen molar-refractivity contribution in [3.05, 3.63) is 0 Å². The molecule has 0 amide bonds. The van der Waals surface area contributed by atoms with Gasteiger partial charge in [0.05, 0.1) is 25.2 Å². The molecule has 0 radical (unpaired) electrons. The monoisotopic (exact) mass is 169 g/mol. The fourth-order valence-corrected chi connectivity index (χ4v) is 2.68. The third kappa shape index (κ3) is 1.09. The highest BCUT2D eigenvalue weighted by molar-refractivity contribution is 4.77. The lowest BCUT2D eigenvalue weighted by Crippen LogP contribution is -2.73. The molecule has 0 aliphatic carbocycles. The number of rotatable bonds is 0. The maximum absolute atomic E-state index is 2.60. The number of piperazine rings is 3. The van der Waals surface area contributed by atoms with Crippen LogP contribution in [0.5, 0.6) is 0 Å². The highest BCUT2D eigenvalue weighted by Crippen LogP contribution is 2.30. The Morgan fingerprint density at radius 3 is 1.58 bits per heavy atom. The molecule has 0 unspecified atom stereocenters. The van der Waals surface area contributed by atoms with E-state index in [1.807, 2.05) is 0 Å². The Balaban J connectivity index is 2.19. The van der Waals surface area contributed by atoms with E-state index < -0.39 is 0 Å². The number of nitrogens with zero attached hydrogens (tertiary/aromatic N) is 2. The molecule has 3 rings (SSSR count). The molecule has 3 heterocycles. The molecule has 2 nitrogen and oxygen atoms in total. The van der Waals surface area contributed by atoms with Crippen LogP contribution in [-0.2, 0) is 0 Å². The van der Waals surface area contributed by atoms with E-state index >= 15 is 0 Å². The average molecular weight is 169 g/mol. The summed E-state index contributed by atoms with van der Waals surface area (Å²) in [7, 11) is 0. The van der Waals surface area contributed by atoms with Gasteiger partial charge in [0.25, 0.3) is 0 Å². The first-order valence-corrected chi connectivity index (χ1v) is 5.12. The lowest BCUT2D eigenvalue weighted by molar-refractivity contribution is -0.982. The van der Waals surface area contributed by atoms with Gasteiger partial charge >= 0.3 is 0 Å². The van der Waals surface area contributed by atoms with Crippen LogP contribution in [0.2, 0.25) is 0 Å². The van der Waals surface area contributed by atoms with Gasteiger partial charge in [-0.1, -0.05) is 0 Å². The van der Waals surface area contributed by atoms with Crippen molar-refractivity contribution >= 4 is 0 Å². The molecule has 70 valence electrons. The van der Waals surface area contributed by atoms with Gasteiger partial charge in [-0.3, -0.25) is 4.90 Å². The topological polar surface area (TPSA) is 3.24 Å². The summed E-state index contributed by atoms with van der Waals surface area (Å²) >= 11 is 0. The van der Waals surface area contributed by atoms with Crippen LogP contribution in [0.4, 0.5) is 0 Å². The van der Waals surface area contributed by atoms with Crippen molar-refractivity contribution < 1.29 is 4.48 Å². The molecule has 12 heavy (non-hydrogen) atoms.